The van der Waals surface area contributed by atoms with Crippen molar-refractivity contribution in [3.8, 4) is 5.75 Å². The molecular formula is C44H67N5O8S. The number of hydrogen-bond acceptors (Lipinski definition) is 10. The fraction of sp³-hybridized carbons (Fsp3) is 0.682. The van der Waals surface area contributed by atoms with E-state index in [2.05, 4.69) is 10.6 Å². The second kappa shape index (κ2) is 20.4. The van der Waals surface area contributed by atoms with Gasteiger partial charge in [-0.05, 0) is 74.5 Å². The number of thioether (sulfide) groups is 1. The van der Waals surface area contributed by atoms with Gasteiger partial charge in [0.1, 0.15) is 36.0 Å². The number of fused-ring (bicyclic) bond motifs is 2. The third-order valence-electron chi connectivity index (χ3n) is 12.0. The van der Waals surface area contributed by atoms with Crippen LogP contribution in [0.1, 0.15) is 100.0 Å². The molecule has 0 saturated carbocycles. The lowest BCUT2D eigenvalue weighted by Gasteiger charge is -2.36. The van der Waals surface area contributed by atoms with Crippen LogP contribution in [0.15, 0.2) is 40.9 Å². The number of methoxy groups -OCH3 is 1. The molecule has 2 bridgehead atoms. The number of likely N-dealkylation sites (N-methyl/N-ethyl adjacent to an activating group) is 1. The topological polar surface area (TPSA) is 167 Å². The van der Waals surface area contributed by atoms with Crippen molar-refractivity contribution in [2.45, 2.75) is 143 Å². The van der Waals surface area contributed by atoms with E-state index in [1.807, 2.05) is 60.6 Å². The fourth-order valence-electron chi connectivity index (χ4n) is 7.64. The molecule has 0 aliphatic carbocycles. The summed E-state index contributed by atoms with van der Waals surface area (Å²) in [5, 5.41) is 18.1. The lowest BCUT2D eigenvalue weighted by molar-refractivity contribution is -0.165. The van der Waals surface area contributed by atoms with E-state index in [0.717, 1.165) is 10.6 Å². The Morgan fingerprint density at radius 1 is 1.03 bits per heavy atom. The Bertz CT molecular complexity index is 1690. The molecule has 4 rings (SSSR count). The van der Waals surface area contributed by atoms with E-state index in [-0.39, 0.29) is 36.1 Å². The third kappa shape index (κ3) is 11.9. The number of carbonyl (C=O) groups is 5. The molecule has 0 aromatic heterocycles. The Balaban J connectivity index is 1.71. The van der Waals surface area contributed by atoms with Gasteiger partial charge in [-0.2, -0.15) is 0 Å². The molecule has 3 aliphatic heterocycles. The average molecular weight is 826 g/mol. The van der Waals surface area contributed by atoms with Gasteiger partial charge in [0, 0.05) is 37.3 Å². The normalized spacial score (nSPS) is 31.8. The Labute approximate surface area is 349 Å². The molecule has 0 radical (unpaired) electrons. The molecule has 0 spiro atoms. The second-order valence-electron chi connectivity index (χ2n) is 17.7. The van der Waals surface area contributed by atoms with Crippen molar-refractivity contribution in [3.63, 3.8) is 0 Å². The lowest BCUT2D eigenvalue weighted by Crippen LogP contribution is -2.59. The number of aliphatic hydroxyl groups is 1. The van der Waals surface area contributed by atoms with Gasteiger partial charge >= 0.3 is 5.97 Å². The van der Waals surface area contributed by atoms with Crippen molar-refractivity contribution in [3.05, 3.63) is 41.5 Å². The molecule has 13 nitrogen and oxygen atoms in total. The molecule has 10 atom stereocenters. The largest absolute Gasteiger partial charge is 0.497 e. The van der Waals surface area contributed by atoms with Crippen LogP contribution in [0, 0.1) is 23.2 Å². The summed E-state index contributed by atoms with van der Waals surface area (Å²) in [5.74, 6) is -1.57. The summed E-state index contributed by atoms with van der Waals surface area (Å²) < 4.78 is 11.6. The molecule has 1 aromatic carbocycles. The number of nitrogens with zero attached hydrogens (tertiary/aromatic N) is 3. The van der Waals surface area contributed by atoms with Crippen LogP contribution in [0.25, 0.3) is 0 Å². The standard InChI is InChI=1S/C44H67N5O8S/c1-12-26(3)37-42(54)49-19-13-14-34(49)43(55)57-36(44(7,8)9)21-25(2)20-35(50)28(5)40-45-31(24-58-40)22-27(4)38(51)46-33(23-30-15-17-32(56-11)18-16-30)41(53)48(10)29(6)39(52)47-37/h15-18,22,25-26,28-29,31,33-37,50H,12-14,19-21,23-24H2,1-11H3,(H,46,51)(H,47,52)/b27-22+/t25?,26-,28-,29?,31-,33?,34?,35-,36-,37?/m0/s1. The van der Waals surface area contributed by atoms with Gasteiger partial charge in [0.25, 0.3) is 0 Å². The average Bonchev–Trinajstić information content (AvgIpc) is 3.87. The zero-order valence-corrected chi connectivity index (χ0v) is 37.2. The van der Waals surface area contributed by atoms with Gasteiger partial charge in [-0.25, -0.2) is 4.79 Å². The first-order chi connectivity index (χ1) is 27.2. The first kappa shape index (κ1) is 46.8. The van der Waals surface area contributed by atoms with Crippen molar-refractivity contribution in [2.75, 3.05) is 26.5 Å². The van der Waals surface area contributed by atoms with Crippen LogP contribution in [0.4, 0.5) is 0 Å². The van der Waals surface area contributed by atoms with Crippen molar-refractivity contribution in [1.82, 2.24) is 20.4 Å². The van der Waals surface area contributed by atoms with E-state index in [9.17, 15) is 29.1 Å². The molecule has 3 aliphatic rings. The highest BCUT2D eigenvalue weighted by molar-refractivity contribution is 8.14. The van der Waals surface area contributed by atoms with E-state index in [4.69, 9.17) is 14.5 Å². The van der Waals surface area contributed by atoms with Crippen molar-refractivity contribution < 1.29 is 38.6 Å². The monoisotopic (exact) mass is 825 g/mol. The number of hydrogen-bond donors (Lipinski definition) is 3. The number of rotatable bonds is 5. The van der Waals surface area contributed by atoms with Gasteiger partial charge in [-0.1, -0.05) is 73.1 Å². The van der Waals surface area contributed by atoms with Gasteiger partial charge in [-0.15, -0.1) is 11.8 Å². The highest BCUT2D eigenvalue weighted by Crippen LogP contribution is 2.34. The minimum atomic E-state index is -1.03. The van der Waals surface area contributed by atoms with E-state index in [0.29, 0.717) is 55.7 Å². The highest BCUT2D eigenvalue weighted by Gasteiger charge is 2.43. The number of benzene rings is 1. The first-order valence-electron chi connectivity index (χ1n) is 20.8. The molecule has 3 N–H and O–H groups in total. The summed E-state index contributed by atoms with van der Waals surface area (Å²) >= 11 is 1.56. The molecule has 4 amide bonds. The number of amides is 4. The third-order valence-corrected chi connectivity index (χ3v) is 13.3. The van der Waals surface area contributed by atoms with Gasteiger partial charge in [0.05, 0.1) is 24.3 Å². The minimum absolute atomic E-state index is 0.00223. The molecule has 3 heterocycles. The van der Waals surface area contributed by atoms with Crippen molar-refractivity contribution in [1.29, 1.82) is 0 Å². The number of carbonyl (C=O) groups excluding carboxylic acids is 5. The van der Waals surface area contributed by atoms with E-state index >= 15 is 0 Å². The fourth-order valence-corrected chi connectivity index (χ4v) is 8.78. The van der Waals surface area contributed by atoms with Crippen molar-refractivity contribution in [2.24, 2.45) is 28.2 Å². The van der Waals surface area contributed by atoms with E-state index < -0.39 is 65.5 Å². The maximum atomic E-state index is 14.3. The summed E-state index contributed by atoms with van der Waals surface area (Å²) in [5.41, 5.74) is 0.753. The van der Waals surface area contributed by atoms with Gasteiger partial charge in [0.2, 0.25) is 23.6 Å². The maximum absolute atomic E-state index is 14.3. The number of esters is 1. The predicted octanol–water partition coefficient (Wildman–Crippen LogP) is 4.94. The molecule has 14 heteroatoms. The molecule has 1 fully saturated rings. The Morgan fingerprint density at radius 2 is 1.71 bits per heavy atom. The smallest absolute Gasteiger partial charge is 0.329 e. The van der Waals surface area contributed by atoms with E-state index in [1.54, 1.807) is 55.8 Å². The SMILES string of the molecule is CC[C@H](C)C1NC(=O)C(C)N(C)C(=O)C(Cc2ccc(OC)cc2)NC(=O)/C(C)=C/[C@H]2CSC(=N2)[C@@H](C)[C@@H](O)CC(C)C[C@@H](C(C)(C)C)OC(=O)C2CCCN2C1=O. The highest BCUT2D eigenvalue weighted by atomic mass is 32.2. The minimum Gasteiger partial charge on any atom is -0.497 e. The molecule has 58 heavy (non-hydrogen) atoms. The second-order valence-corrected chi connectivity index (χ2v) is 18.7. The molecule has 1 saturated heterocycles. The number of nitrogens with one attached hydrogen (secondary N) is 2. The van der Waals surface area contributed by atoms with Gasteiger partial charge in [0.15, 0.2) is 0 Å². The zero-order valence-electron chi connectivity index (χ0n) is 36.4. The summed E-state index contributed by atoms with van der Waals surface area (Å²) in [6.07, 6.45) is 3.38. The Morgan fingerprint density at radius 3 is 2.33 bits per heavy atom. The summed E-state index contributed by atoms with van der Waals surface area (Å²) in [7, 11) is 3.07. The Hall–Kier alpha value is -3.91. The van der Waals surface area contributed by atoms with Crippen LogP contribution in [-0.2, 0) is 35.1 Å². The number of cyclic esters (lactones) is 1. The summed E-state index contributed by atoms with van der Waals surface area (Å²) in [6, 6.07) is 3.10. The number of ether oxygens (including phenoxy) is 2. The van der Waals surface area contributed by atoms with E-state index in [1.165, 1.54) is 11.9 Å². The predicted molar refractivity (Wildman–Crippen MR) is 227 cm³/mol. The lowest BCUT2D eigenvalue weighted by atomic mass is 9.81. The van der Waals surface area contributed by atoms with Gasteiger partial charge < -0.3 is 35.0 Å². The van der Waals surface area contributed by atoms with Crippen LogP contribution in [-0.4, -0.2) is 118 Å². The van der Waals surface area contributed by atoms with Crippen molar-refractivity contribution >= 4 is 46.4 Å². The van der Waals surface area contributed by atoms with Gasteiger partial charge in [-0.3, -0.25) is 24.2 Å². The quantitative estimate of drug-likeness (QED) is 0.349. The van der Waals surface area contributed by atoms with Crippen LogP contribution >= 0.6 is 11.8 Å². The van der Waals surface area contributed by atoms with Crippen LogP contribution in [0.5, 0.6) is 5.75 Å². The molecule has 322 valence electrons. The summed E-state index contributed by atoms with van der Waals surface area (Å²) in [6.45, 7) is 17.5. The molecule has 5 unspecified atom stereocenters. The Kier molecular flexibility index (Phi) is 16.4. The number of aliphatic imine (C=N–C) groups is 1. The van der Waals surface area contributed by atoms with Crippen LogP contribution < -0.4 is 15.4 Å². The summed E-state index contributed by atoms with van der Waals surface area (Å²) in [4.78, 5) is 78.0. The molecule has 1 aromatic rings. The van der Waals surface area contributed by atoms with Crippen LogP contribution in [0.2, 0.25) is 0 Å². The molecular weight excluding hydrogens is 759 g/mol. The first-order valence-corrected chi connectivity index (χ1v) is 21.8. The van der Waals surface area contributed by atoms with Crippen LogP contribution in [0.3, 0.4) is 0 Å². The number of aliphatic hydroxyl groups excluding tert-OH is 1. The maximum Gasteiger partial charge on any atom is 0.329 e. The zero-order chi connectivity index (χ0) is 43.1.